The molecule has 0 bridgehead atoms. The molecule has 1 radical (unpaired) electrons. The van der Waals surface area contributed by atoms with Gasteiger partial charge in [0.1, 0.15) is 12.7 Å². The molecular formula is C9H8N3. The summed E-state index contributed by atoms with van der Waals surface area (Å²) >= 11 is 0. The molecule has 1 aromatic carbocycles. The fourth-order valence-electron chi connectivity index (χ4n) is 1.03. The molecule has 0 aliphatic heterocycles. The molecule has 2 aromatic rings. The summed E-state index contributed by atoms with van der Waals surface area (Å²) in [5.74, 6) is 0. The Bertz CT molecular complexity index is 365. The van der Waals surface area contributed by atoms with Gasteiger partial charge in [-0.1, -0.05) is 12.1 Å². The molecule has 0 aliphatic carbocycles. The van der Waals surface area contributed by atoms with Crippen LogP contribution in [-0.2, 0) is 0 Å². The first-order valence-electron chi connectivity index (χ1n) is 3.69. The van der Waals surface area contributed by atoms with E-state index in [0.29, 0.717) is 0 Å². The monoisotopic (exact) mass is 158 g/mol. The van der Waals surface area contributed by atoms with Crippen molar-refractivity contribution in [3.63, 3.8) is 0 Å². The van der Waals surface area contributed by atoms with Crippen LogP contribution < -0.4 is 0 Å². The van der Waals surface area contributed by atoms with Crippen LogP contribution in [0.15, 0.2) is 30.9 Å². The average Bonchev–Trinajstić information content (AvgIpc) is 2.56. The van der Waals surface area contributed by atoms with Crippen molar-refractivity contribution in [2.75, 3.05) is 0 Å². The van der Waals surface area contributed by atoms with Gasteiger partial charge in [-0.05, 0) is 18.6 Å². The normalized spacial score (nSPS) is 10.1. The number of hydrogen-bond donors (Lipinski definition) is 0. The summed E-state index contributed by atoms with van der Waals surface area (Å²) in [6, 6.07) is 8.96. The summed E-state index contributed by atoms with van der Waals surface area (Å²) < 4.78 is 1.69. The highest BCUT2D eigenvalue weighted by Gasteiger charge is 1.95. The molecule has 0 N–H and O–H groups in total. The Morgan fingerprint density at radius 2 is 2.42 bits per heavy atom. The van der Waals surface area contributed by atoms with Gasteiger partial charge in [0.2, 0.25) is 0 Å². The van der Waals surface area contributed by atoms with Crippen molar-refractivity contribution < 1.29 is 0 Å². The van der Waals surface area contributed by atoms with Crippen LogP contribution in [0.1, 0.15) is 5.56 Å². The third kappa shape index (κ3) is 1.21. The van der Waals surface area contributed by atoms with Crippen LogP contribution in [0.25, 0.3) is 5.69 Å². The Labute approximate surface area is 70.7 Å². The van der Waals surface area contributed by atoms with Gasteiger partial charge in [-0.2, -0.15) is 5.10 Å². The van der Waals surface area contributed by atoms with Gasteiger partial charge in [0.05, 0.1) is 5.69 Å². The first kappa shape index (κ1) is 7.03. The topological polar surface area (TPSA) is 30.7 Å². The minimum absolute atomic E-state index is 0.924. The Morgan fingerprint density at radius 1 is 1.50 bits per heavy atom. The number of aromatic nitrogens is 3. The highest BCUT2D eigenvalue weighted by atomic mass is 15.3. The molecule has 1 heterocycles. The number of rotatable bonds is 1. The third-order valence-electron chi connectivity index (χ3n) is 1.61. The molecule has 0 saturated heterocycles. The second kappa shape index (κ2) is 2.77. The van der Waals surface area contributed by atoms with Crippen molar-refractivity contribution in [2.45, 2.75) is 6.92 Å². The van der Waals surface area contributed by atoms with Crippen molar-refractivity contribution in [1.82, 2.24) is 14.8 Å². The van der Waals surface area contributed by atoms with Crippen LogP contribution in [0, 0.1) is 13.0 Å². The lowest BCUT2D eigenvalue weighted by Gasteiger charge is -1.99. The molecule has 0 unspecified atom stereocenters. The van der Waals surface area contributed by atoms with Crippen LogP contribution in [0.4, 0.5) is 0 Å². The van der Waals surface area contributed by atoms with Crippen LogP contribution in [0.2, 0.25) is 0 Å². The van der Waals surface area contributed by atoms with E-state index in [-0.39, 0.29) is 0 Å². The third-order valence-corrected chi connectivity index (χ3v) is 1.61. The maximum Gasteiger partial charge on any atom is 0.138 e. The molecule has 2 rings (SSSR count). The van der Waals surface area contributed by atoms with Gasteiger partial charge in [-0.15, -0.1) is 0 Å². The first-order chi connectivity index (χ1) is 5.86. The molecule has 0 saturated carbocycles. The molecule has 0 atom stereocenters. The molecule has 0 amide bonds. The minimum Gasteiger partial charge on any atom is -0.223 e. The van der Waals surface area contributed by atoms with E-state index < -0.39 is 0 Å². The van der Waals surface area contributed by atoms with Gasteiger partial charge in [0.15, 0.2) is 0 Å². The summed E-state index contributed by atoms with van der Waals surface area (Å²) in [6.07, 6.45) is 3.17. The second-order valence-corrected chi connectivity index (χ2v) is 2.59. The molecule has 59 valence electrons. The fourth-order valence-corrected chi connectivity index (χ4v) is 1.03. The first-order valence-corrected chi connectivity index (χ1v) is 3.69. The lowest BCUT2D eigenvalue weighted by molar-refractivity contribution is 0.876. The zero-order valence-electron chi connectivity index (χ0n) is 6.73. The van der Waals surface area contributed by atoms with E-state index >= 15 is 0 Å². The summed E-state index contributed by atoms with van der Waals surface area (Å²) in [4.78, 5) is 3.86. The van der Waals surface area contributed by atoms with Gasteiger partial charge in [0, 0.05) is 6.07 Å². The van der Waals surface area contributed by atoms with Crippen molar-refractivity contribution >= 4 is 0 Å². The van der Waals surface area contributed by atoms with Crippen molar-refractivity contribution in [2.24, 2.45) is 0 Å². The summed E-state index contributed by atoms with van der Waals surface area (Å²) in [6.45, 7) is 2.04. The smallest absolute Gasteiger partial charge is 0.138 e. The Morgan fingerprint density at radius 3 is 3.08 bits per heavy atom. The van der Waals surface area contributed by atoms with Crippen LogP contribution in [-0.4, -0.2) is 14.8 Å². The quantitative estimate of drug-likeness (QED) is 0.627. The minimum atomic E-state index is 0.924. The molecule has 1 aromatic heterocycles. The molecule has 3 heteroatoms. The highest BCUT2D eigenvalue weighted by Crippen LogP contribution is 2.06. The SMILES string of the molecule is Cc1cc[c]c(-n2cncn2)c1. The van der Waals surface area contributed by atoms with E-state index in [2.05, 4.69) is 16.1 Å². The zero-order valence-corrected chi connectivity index (χ0v) is 6.73. The summed E-state index contributed by atoms with van der Waals surface area (Å²) in [5.41, 5.74) is 2.12. The lowest BCUT2D eigenvalue weighted by Crippen LogP contribution is -1.94. The van der Waals surface area contributed by atoms with Gasteiger partial charge >= 0.3 is 0 Å². The summed E-state index contributed by atoms with van der Waals surface area (Å²) in [7, 11) is 0. The van der Waals surface area contributed by atoms with Gasteiger partial charge in [-0.3, -0.25) is 0 Å². The van der Waals surface area contributed by atoms with Crippen LogP contribution in [0.3, 0.4) is 0 Å². The Kier molecular flexibility index (Phi) is 1.63. The van der Waals surface area contributed by atoms with E-state index in [0.717, 1.165) is 5.69 Å². The highest BCUT2D eigenvalue weighted by molar-refractivity contribution is 5.32. The number of aryl methyl sites for hydroxylation is 1. The number of benzene rings is 1. The van der Waals surface area contributed by atoms with E-state index in [4.69, 9.17) is 0 Å². The Balaban J connectivity index is 2.48. The largest absolute Gasteiger partial charge is 0.223 e. The number of nitrogens with zero attached hydrogens (tertiary/aromatic N) is 3. The van der Waals surface area contributed by atoms with E-state index in [1.165, 1.54) is 11.9 Å². The van der Waals surface area contributed by atoms with Crippen LogP contribution >= 0.6 is 0 Å². The van der Waals surface area contributed by atoms with Gasteiger partial charge < -0.3 is 0 Å². The average molecular weight is 158 g/mol. The standard InChI is InChI=1S/C9H8N3/c1-8-3-2-4-9(5-8)12-7-10-6-11-12/h2-3,5-7H,1H3. The Hall–Kier alpha value is -1.64. The van der Waals surface area contributed by atoms with E-state index in [1.807, 2.05) is 25.1 Å². The molecule has 0 spiro atoms. The zero-order chi connectivity index (χ0) is 8.39. The van der Waals surface area contributed by atoms with Crippen molar-refractivity contribution in [1.29, 1.82) is 0 Å². The van der Waals surface area contributed by atoms with E-state index in [9.17, 15) is 0 Å². The predicted octanol–water partition coefficient (Wildman–Crippen LogP) is 1.38. The van der Waals surface area contributed by atoms with E-state index in [1.54, 1.807) is 11.0 Å². The lowest BCUT2D eigenvalue weighted by atomic mass is 10.2. The predicted molar refractivity (Wildman–Crippen MR) is 44.9 cm³/mol. The number of hydrogen-bond acceptors (Lipinski definition) is 2. The van der Waals surface area contributed by atoms with Crippen LogP contribution in [0.5, 0.6) is 0 Å². The fraction of sp³-hybridized carbons (Fsp3) is 0.111. The second-order valence-electron chi connectivity index (χ2n) is 2.59. The maximum absolute atomic E-state index is 4.00. The van der Waals surface area contributed by atoms with Gasteiger partial charge in [-0.25, -0.2) is 9.67 Å². The summed E-state index contributed by atoms with van der Waals surface area (Å²) in [5, 5.41) is 4.00. The molecular weight excluding hydrogens is 150 g/mol. The van der Waals surface area contributed by atoms with Crippen molar-refractivity contribution in [3.8, 4) is 5.69 Å². The van der Waals surface area contributed by atoms with Crippen molar-refractivity contribution in [3.05, 3.63) is 42.5 Å². The molecule has 12 heavy (non-hydrogen) atoms. The molecule has 0 aliphatic rings. The van der Waals surface area contributed by atoms with Gasteiger partial charge in [0.25, 0.3) is 0 Å². The molecule has 0 fully saturated rings. The molecule has 3 nitrogen and oxygen atoms in total. The maximum atomic E-state index is 4.00.